The van der Waals surface area contributed by atoms with E-state index in [1.807, 2.05) is 4.90 Å². The van der Waals surface area contributed by atoms with Crippen molar-refractivity contribution in [1.29, 1.82) is 0 Å². The van der Waals surface area contributed by atoms with E-state index in [4.69, 9.17) is 0 Å². The van der Waals surface area contributed by atoms with Gasteiger partial charge in [0.05, 0.1) is 0 Å². The highest BCUT2D eigenvalue weighted by Gasteiger charge is 2.30. The van der Waals surface area contributed by atoms with Gasteiger partial charge in [-0.15, -0.1) is 0 Å². The van der Waals surface area contributed by atoms with Crippen molar-refractivity contribution in [2.75, 3.05) is 18.4 Å². The summed E-state index contributed by atoms with van der Waals surface area (Å²) >= 11 is 0. The van der Waals surface area contributed by atoms with E-state index in [2.05, 4.69) is 36.1 Å². The standard InChI is InChI=1S/C19H30F2N4O/c1-5-13(3)15(6-2)17(26)25-11-8-14(9-12-25)23-18-22-10-7-16(24-18)19(4,20)21/h7,10,13-15H,5-6,8-9,11-12H2,1-4H3,(H,22,23,24)/t13?,15-/m1/s1. The molecule has 2 rings (SSSR count). The lowest BCUT2D eigenvalue weighted by Gasteiger charge is -2.35. The number of alkyl halides is 2. The number of hydrogen-bond donors (Lipinski definition) is 1. The Bertz CT molecular complexity index is 597. The van der Waals surface area contributed by atoms with Gasteiger partial charge < -0.3 is 10.2 Å². The molecule has 1 unspecified atom stereocenters. The van der Waals surface area contributed by atoms with Gasteiger partial charge in [0.15, 0.2) is 0 Å². The van der Waals surface area contributed by atoms with Crippen LogP contribution in [0.15, 0.2) is 12.3 Å². The molecule has 2 heterocycles. The zero-order chi connectivity index (χ0) is 19.3. The lowest BCUT2D eigenvalue weighted by molar-refractivity contribution is -0.138. The first-order valence-electron chi connectivity index (χ1n) is 9.52. The third kappa shape index (κ3) is 5.11. The van der Waals surface area contributed by atoms with Crippen molar-refractivity contribution >= 4 is 11.9 Å². The molecule has 7 heteroatoms. The number of halogens is 2. The van der Waals surface area contributed by atoms with Crippen LogP contribution in [-0.2, 0) is 10.7 Å². The van der Waals surface area contributed by atoms with E-state index in [-0.39, 0.29) is 29.5 Å². The van der Waals surface area contributed by atoms with Crippen molar-refractivity contribution in [3.8, 4) is 0 Å². The number of aromatic nitrogens is 2. The van der Waals surface area contributed by atoms with Crippen LogP contribution in [0.5, 0.6) is 0 Å². The monoisotopic (exact) mass is 368 g/mol. The molecule has 0 aromatic carbocycles. The molecule has 1 aromatic rings. The molecule has 1 saturated heterocycles. The van der Waals surface area contributed by atoms with Gasteiger partial charge in [-0.2, -0.15) is 8.78 Å². The number of amides is 1. The minimum atomic E-state index is -2.99. The second-order valence-corrected chi connectivity index (χ2v) is 7.30. The Labute approximate surface area is 154 Å². The Morgan fingerprint density at radius 3 is 2.54 bits per heavy atom. The normalized spacial score (nSPS) is 18.5. The number of likely N-dealkylation sites (tertiary alicyclic amines) is 1. The fourth-order valence-electron chi connectivity index (χ4n) is 3.44. The number of rotatable bonds is 7. The topological polar surface area (TPSA) is 58.1 Å². The van der Waals surface area contributed by atoms with Crippen molar-refractivity contribution < 1.29 is 13.6 Å². The quantitative estimate of drug-likeness (QED) is 0.788. The van der Waals surface area contributed by atoms with Gasteiger partial charge in [0.1, 0.15) is 5.69 Å². The Hall–Kier alpha value is -1.79. The lowest BCUT2D eigenvalue weighted by atomic mass is 9.87. The van der Waals surface area contributed by atoms with Crippen molar-refractivity contribution in [3.63, 3.8) is 0 Å². The SMILES string of the molecule is CCC(C)[C@@H](CC)C(=O)N1CCC(Nc2nccc(C(C)(F)F)n2)CC1. The molecular formula is C19H30F2N4O. The third-order valence-electron chi connectivity index (χ3n) is 5.33. The molecule has 1 fully saturated rings. The van der Waals surface area contributed by atoms with E-state index in [0.717, 1.165) is 32.6 Å². The fourth-order valence-corrected chi connectivity index (χ4v) is 3.44. The van der Waals surface area contributed by atoms with Gasteiger partial charge in [0.25, 0.3) is 5.92 Å². The number of carbonyl (C=O) groups excluding carboxylic acids is 1. The molecule has 1 amide bonds. The van der Waals surface area contributed by atoms with Gasteiger partial charge in [-0.05, 0) is 31.2 Å². The predicted octanol–water partition coefficient (Wildman–Crippen LogP) is 4.06. The summed E-state index contributed by atoms with van der Waals surface area (Å²) in [6, 6.07) is 1.31. The molecule has 1 aromatic heterocycles. The van der Waals surface area contributed by atoms with Gasteiger partial charge in [-0.25, -0.2) is 9.97 Å². The van der Waals surface area contributed by atoms with Crippen molar-refractivity contribution in [3.05, 3.63) is 18.0 Å². The zero-order valence-corrected chi connectivity index (χ0v) is 16.1. The first kappa shape index (κ1) is 20.5. The Morgan fingerprint density at radius 2 is 2.00 bits per heavy atom. The molecule has 26 heavy (non-hydrogen) atoms. The maximum atomic E-state index is 13.4. The van der Waals surface area contributed by atoms with Crippen LogP contribution in [0.4, 0.5) is 14.7 Å². The molecule has 5 nitrogen and oxygen atoms in total. The molecule has 0 saturated carbocycles. The minimum Gasteiger partial charge on any atom is -0.351 e. The summed E-state index contributed by atoms with van der Waals surface area (Å²) in [6.45, 7) is 8.49. The fraction of sp³-hybridized carbons (Fsp3) is 0.737. The second-order valence-electron chi connectivity index (χ2n) is 7.30. The molecule has 0 aliphatic carbocycles. The Balaban J connectivity index is 1.92. The molecule has 1 N–H and O–H groups in total. The van der Waals surface area contributed by atoms with Crippen LogP contribution in [-0.4, -0.2) is 39.9 Å². The number of anilines is 1. The number of carbonyl (C=O) groups is 1. The molecule has 2 atom stereocenters. The second kappa shape index (κ2) is 8.73. The van der Waals surface area contributed by atoms with E-state index in [1.165, 1.54) is 12.3 Å². The van der Waals surface area contributed by atoms with Crippen molar-refractivity contribution in [2.45, 2.75) is 65.3 Å². The Kier molecular flexibility index (Phi) is 6.89. The highest BCUT2D eigenvalue weighted by Crippen LogP contribution is 2.26. The van der Waals surface area contributed by atoms with Crippen molar-refractivity contribution in [2.24, 2.45) is 11.8 Å². The first-order chi connectivity index (χ1) is 12.3. The van der Waals surface area contributed by atoms with Gasteiger partial charge in [-0.3, -0.25) is 4.79 Å². The van der Waals surface area contributed by atoms with Crippen LogP contribution in [0.1, 0.15) is 59.1 Å². The maximum absolute atomic E-state index is 13.4. The average Bonchev–Trinajstić information content (AvgIpc) is 2.62. The molecule has 0 spiro atoms. The van der Waals surface area contributed by atoms with Crippen LogP contribution < -0.4 is 5.32 Å². The van der Waals surface area contributed by atoms with Crippen LogP contribution in [0, 0.1) is 11.8 Å². The molecule has 1 aliphatic rings. The van der Waals surface area contributed by atoms with E-state index in [0.29, 0.717) is 19.0 Å². The van der Waals surface area contributed by atoms with Crippen molar-refractivity contribution in [1.82, 2.24) is 14.9 Å². The number of piperidine rings is 1. The van der Waals surface area contributed by atoms with E-state index in [1.54, 1.807) is 0 Å². The number of hydrogen-bond acceptors (Lipinski definition) is 4. The molecule has 1 aliphatic heterocycles. The van der Waals surface area contributed by atoms with Gasteiger partial charge in [0, 0.05) is 38.2 Å². The summed E-state index contributed by atoms with van der Waals surface area (Å²) in [5, 5.41) is 3.14. The molecule has 146 valence electrons. The molecule has 0 bridgehead atoms. The maximum Gasteiger partial charge on any atom is 0.287 e. The van der Waals surface area contributed by atoms with Crippen LogP contribution in [0.25, 0.3) is 0 Å². The summed E-state index contributed by atoms with van der Waals surface area (Å²) < 4.78 is 26.8. The molecule has 0 radical (unpaired) electrons. The summed E-state index contributed by atoms with van der Waals surface area (Å²) in [4.78, 5) is 22.6. The highest BCUT2D eigenvalue weighted by molar-refractivity contribution is 5.79. The summed E-state index contributed by atoms with van der Waals surface area (Å²) in [5.41, 5.74) is -0.290. The molecular weight excluding hydrogens is 338 g/mol. The first-order valence-corrected chi connectivity index (χ1v) is 9.52. The van der Waals surface area contributed by atoms with Crippen LogP contribution >= 0.6 is 0 Å². The zero-order valence-electron chi connectivity index (χ0n) is 16.1. The number of nitrogens with zero attached hydrogens (tertiary/aromatic N) is 3. The van der Waals surface area contributed by atoms with Gasteiger partial charge >= 0.3 is 0 Å². The highest BCUT2D eigenvalue weighted by atomic mass is 19.3. The summed E-state index contributed by atoms with van der Waals surface area (Å²) in [5.74, 6) is -2.06. The third-order valence-corrected chi connectivity index (χ3v) is 5.33. The van der Waals surface area contributed by atoms with Crippen LogP contribution in [0.3, 0.4) is 0 Å². The Morgan fingerprint density at radius 1 is 1.35 bits per heavy atom. The van der Waals surface area contributed by atoms with E-state index >= 15 is 0 Å². The smallest absolute Gasteiger partial charge is 0.287 e. The predicted molar refractivity (Wildman–Crippen MR) is 98.1 cm³/mol. The van der Waals surface area contributed by atoms with E-state index < -0.39 is 5.92 Å². The van der Waals surface area contributed by atoms with Gasteiger partial charge in [0.2, 0.25) is 11.9 Å². The van der Waals surface area contributed by atoms with Gasteiger partial charge in [-0.1, -0.05) is 27.2 Å². The van der Waals surface area contributed by atoms with E-state index in [9.17, 15) is 13.6 Å². The minimum absolute atomic E-state index is 0.0799. The number of nitrogens with one attached hydrogen (secondary N) is 1. The largest absolute Gasteiger partial charge is 0.351 e. The summed E-state index contributed by atoms with van der Waals surface area (Å²) in [6.07, 6.45) is 4.73. The average molecular weight is 368 g/mol. The summed E-state index contributed by atoms with van der Waals surface area (Å²) in [7, 11) is 0. The van der Waals surface area contributed by atoms with Crippen LogP contribution in [0.2, 0.25) is 0 Å². The lowest BCUT2D eigenvalue weighted by Crippen LogP contribution is -2.46.